The quantitative estimate of drug-likeness (QED) is 0.707. The molecule has 0 bridgehead atoms. The number of anilines is 1. The topological polar surface area (TPSA) is 41.5 Å². The van der Waals surface area contributed by atoms with Crippen LogP contribution in [0.15, 0.2) is 27.1 Å². The average Bonchev–Trinajstić information content (AvgIpc) is 2.47. The molecule has 0 aliphatic heterocycles. The fraction of sp³-hybridized carbons (Fsp3) is 0.625. The van der Waals surface area contributed by atoms with Crippen molar-refractivity contribution in [3.8, 4) is 0 Å². The lowest BCUT2D eigenvalue weighted by Crippen LogP contribution is -2.29. The Hall–Kier alpha value is -0.100. The van der Waals surface area contributed by atoms with Crippen LogP contribution < -0.4 is 5.32 Å². The highest BCUT2D eigenvalue weighted by molar-refractivity contribution is 9.11. The summed E-state index contributed by atoms with van der Waals surface area (Å²) in [5.74, 6) is 0.824. The minimum Gasteiger partial charge on any atom is -0.389 e. The Bertz CT molecular complexity index is 448. The molecule has 0 heterocycles. The molecular formula is C16H23Br2NO2. The molecule has 1 atom stereocenters. The number of ether oxygens (including phenoxy) is 1. The van der Waals surface area contributed by atoms with E-state index in [1.807, 2.05) is 18.2 Å². The summed E-state index contributed by atoms with van der Waals surface area (Å²) < 4.78 is 7.82. The van der Waals surface area contributed by atoms with Crippen LogP contribution in [-0.2, 0) is 4.74 Å². The summed E-state index contributed by atoms with van der Waals surface area (Å²) in [4.78, 5) is 0. The van der Waals surface area contributed by atoms with Gasteiger partial charge in [-0.05, 0) is 65.7 Å². The molecule has 1 fully saturated rings. The minimum atomic E-state index is -0.491. The van der Waals surface area contributed by atoms with Crippen molar-refractivity contribution >= 4 is 37.5 Å². The Morgan fingerprint density at radius 3 is 2.71 bits per heavy atom. The summed E-state index contributed by atoms with van der Waals surface area (Å²) >= 11 is 6.93. The molecule has 1 saturated carbocycles. The van der Waals surface area contributed by atoms with Gasteiger partial charge in [0.2, 0.25) is 0 Å². The number of rotatable bonds is 6. The van der Waals surface area contributed by atoms with Crippen LogP contribution in [0.3, 0.4) is 0 Å². The first-order chi connectivity index (χ1) is 10.0. The fourth-order valence-corrected chi connectivity index (χ4v) is 3.31. The maximum Gasteiger partial charge on any atom is 0.0945 e. The summed E-state index contributed by atoms with van der Waals surface area (Å²) in [6, 6.07) is 5.93. The van der Waals surface area contributed by atoms with Gasteiger partial charge < -0.3 is 15.2 Å². The summed E-state index contributed by atoms with van der Waals surface area (Å²) in [6.45, 7) is 3.18. The van der Waals surface area contributed by atoms with E-state index in [0.29, 0.717) is 19.3 Å². The molecule has 0 amide bonds. The first kappa shape index (κ1) is 17.3. The first-order valence-corrected chi connectivity index (χ1v) is 9.11. The van der Waals surface area contributed by atoms with Crippen LogP contribution in [-0.4, -0.2) is 30.5 Å². The highest BCUT2D eigenvalue weighted by Crippen LogP contribution is 2.27. The largest absolute Gasteiger partial charge is 0.389 e. The van der Waals surface area contributed by atoms with Gasteiger partial charge in [-0.25, -0.2) is 0 Å². The van der Waals surface area contributed by atoms with Crippen LogP contribution in [0.4, 0.5) is 5.69 Å². The molecule has 0 saturated heterocycles. The fourth-order valence-electron chi connectivity index (χ4n) is 2.56. The van der Waals surface area contributed by atoms with Crippen molar-refractivity contribution < 1.29 is 9.84 Å². The van der Waals surface area contributed by atoms with Crippen molar-refractivity contribution in [2.24, 2.45) is 5.92 Å². The molecule has 1 aliphatic carbocycles. The van der Waals surface area contributed by atoms with Gasteiger partial charge in [0.15, 0.2) is 0 Å². The second-order valence-corrected chi connectivity index (χ2v) is 7.64. The lowest BCUT2D eigenvalue weighted by atomic mass is 9.89. The van der Waals surface area contributed by atoms with Crippen LogP contribution >= 0.6 is 31.9 Å². The van der Waals surface area contributed by atoms with E-state index in [-0.39, 0.29) is 0 Å². The SMILES string of the molecule is CC1CCC(OCC(O)CNc2cc(Br)ccc2Br)CC1. The second-order valence-electron chi connectivity index (χ2n) is 5.87. The smallest absolute Gasteiger partial charge is 0.0945 e. The van der Waals surface area contributed by atoms with E-state index in [0.717, 1.165) is 33.4 Å². The molecule has 0 aromatic heterocycles. The van der Waals surface area contributed by atoms with Gasteiger partial charge in [0.1, 0.15) is 0 Å². The van der Waals surface area contributed by atoms with E-state index >= 15 is 0 Å². The number of benzene rings is 1. The third-order valence-electron chi connectivity index (χ3n) is 3.94. The maximum atomic E-state index is 10.0. The Balaban J connectivity index is 1.70. The van der Waals surface area contributed by atoms with E-state index in [9.17, 15) is 5.11 Å². The van der Waals surface area contributed by atoms with E-state index in [2.05, 4.69) is 44.1 Å². The van der Waals surface area contributed by atoms with Gasteiger partial charge in [-0.2, -0.15) is 0 Å². The lowest BCUT2D eigenvalue weighted by molar-refractivity contribution is -0.0245. The summed E-state index contributed by atoms with van der Waals surface area (Å²) in [5, 5.41) is 13.3. The minimum absolute atomic E-state index is 0.327. The number of aliphatic hydroxyl groups excluding tert-OH is 1. The van der Waals surface area contributed by atoms with E-state index in [4.69, 9.17) is 4.74 Å². The van der Waals surface area contributed by atoms with Crippen LogP contribution in [0.1, 0.15) is 32.6 Å². The zero-order valence-electron chi connectivity index (χ0n) is 12.3. The van der Waals surface area contributed by atoms with Crippen molar-refractivity contribution in [2.75, 3.05) is 18.5 Å². The van der Waals surface area contributed by atoms with Crippen molar-refractivity contribution in [2.45, 2.75) is 44.8 Å². The third-order valence-corrected chi connectivity index (χ3v) is 5.13. The Morgan fingerprint density at radius 2 is 2.00 bits per heavy atom. The van der Waals surface area contributed by atoms with E-state index < -0.39 is 6.10 Å². The molecule has 118 valence electrons. The molecule has 1 aliphatic rings. The predicted octanol–water partition coefficient (Wildman–Crippen LogP) is 4.58. The zero-order valence-corrected chi connectivity index (χ0v) is 15.5. The second kappa shape index (κ2) is 8.51. The maximum absolute atomic E-state index is 10.0. The molecule has 2 rings (SSSR count). The number of hydrogen-bond acceptors (Lipinski definition) is 3. The van der Waals surface area contributed by atoms with Gasteiger partial charge >= 0.3 is 0 Å². The Kier molecular flexibility index (Phi) is 6.99. The highest BCUT2D eigenvalue weighted by Gasteiger charge is 2.19. The van der Waals surface area contributed by atoms with Crippen LogP contribution in [0.2, 0.25) is 0 Å². The molecule has 1 aromatic carbocycles. The van der Waals surface area contributed by atoms with E-state index in [1.165, 1.54) is 12.8 Å². The third kappa shape index (κ3) is 5.89. The van der Waals surface area contributed by atoms with Gasteiger partial charge in [-0.15, -0.1) is 0 Å². The molecule has 21 heavy (non-hydrogen) atoms. The van der Waals surface area contributed by atoms with Crippen LogP contribution in [0.5, 0.6) is 0 Å². The predicted molar refractivity (Wildman–Crippen MR) is 93.7 cm³/mol. The van der Waals surface area contributed by atoms with Gasteiger partial charge in [-0.3, -0.25) is 0 Å². The monoisotopic (exact) mass is 419 g/mol. The van der Waals surface area contributed by atoms with Crippen molar-refractivity contribution in [1.82, 2.24) is 0 Å². The molecule has 3 nitrogen and oxygen atoms in total. The highest BCUT2D eigenvalue weighted by atomic mass is 79.9. The zero-order chi connectivity index (χ0) is 15.2. The molecule has 1 unspecified atom stereocenters. The molecule has 5 heteroatoms. The molecule has 2 N–H and O–H groups in total. The van der Waals surface area contributed by atoms with Gasteiger partial charge in [-0.1, -0.05) is 22.9 Å². The number of nitrogens with one attached hydrogen (secondary N) is 1. The Morgan fingerprint density at radius 1 is 1.29 bits per heavy atom. The molecule has 1 aromatic rings. The van der Waals surface area contributed by atoms with Crippen molar-refractivity contribution in [1.29, 1.82) is 0 Å². The van der Waals surface area contributed by atoms with Gasteiger partial charge in [0, 0.05) is 21.2 Å². The summed E-state index contributed by atoms with van der Waals surface area (Å²) in [5.41, 5.74) is 0.968. The van der Waals surface area contributed by atoms with Crippen LogP contribution in [0.25, 0.3) is 0 Å². The molecule has 0 radical (unpaired) electrons. The normalized spacial score (nSPS) is 23.8. The van der Waals surface area contributed by atoms with Gasteiger partial charge in [0.05, 0.1) is 18.8 Å². The number of aliphatic hydroxyl groups is 1. The standard InChI is InChI=1S/C16H23Br2NO2/c1-11-2-5-14(6-3-11)21-10-13(20)9-19-16-8-12(17)4-7-15(16)18/h4,7-8,11,13-14,19-20H,2-3,5-6,9-10H2,1H3. The molecule has 0 spiro atoms. The van der Waals surface area contributed by atoms with Gasteiger partial charge in [0.25, 0.3) is 0 Å². The average molecular weight is 421 g/mol. The summed E-state index contributed by atoms with van der Waals surface area (Å²) in [7, 11) is 0. The van der Waals surface area contributed by atoms with Crippen molar-refractivity contribution in [3.63, 3.8) is 0 Å². The van der Waals surface area contributed by atoms with E-state index in [1.54, 1.807) is 0 Å². The number of halogens is 2. The van der Waals surface area contributed by atoms with Crippen LogP contribution in [0, 0.1) is 5.92 Å². The number of hydrogen-bond donors (Lipinski definition) is 2. The molecular weight excluding hydrogens is 398 g/mol. The lowest BCUT2D eigenvalue weighted by Gasteiger charge is -2.27. The summed E-state index contributed by atoms with van der Waals surface area (Å²) in [6.07, 6.45) is 4.56. The first-order valence-electron chi connectivity index (χ1n) is 7.53. The van der Waals surface area contributed by atoms with Crippen molar-refractivity contribution in [3.05, 3.63) is 27.1 Å². The Labute approximate surface area is 143 Å².